The molecule has 0 unspecified atom stereocenters. The van der Waals surface area contributed by atoms with E-state index < -0.39 is 11.9 Å². The van der Waals surface area contributed by atoms with E-state index in [1.165, 1.54) is 57.8 Å². The van der Waals surface area contributed by atoms with Gasteiger partial charge in [0.15, 0.2) is 0 Å². The van der Waals surface area contributed by atoms with Gasteiger partial charge in [-0.1, -0.05) is 97.8 Å². The van der Waals surface area contributed by atoms with Crippen LogP contribution in [0.4, 0.5) is 0 Å². The summed E-state index contributed by atoms with van der Waals surface area (Å²) in [6, 6.07) is 0. The second kappa shape index (κ2) is 18.7. The van der Waals surface area contributed by atoms with Gasteiger partial charge in [0.2, 0.25) is 0 Å². The van der Waals surface area contributed by atoms with Crippen molar-refractivity contribution in [3.63, 3.8) is 0 Å². The molecule has 0 aromatic rings. The number of ether oxygens (including phenoxy) is 2. The maximum atomic E-state index is 11.6. The van der Waals surface area contributed by atoms with E-state index in [0.29, 0.717) is 19.1 Å². The van der Waals surface area contributed by atoms with Gasteiger partial charge in [0.1, 0.15) is 6.42 Å². The molecular formula is C22H42O4. The highest BCUT2D eigenvalue weighted by molar-refractivity contribution is 5.91. The monoisotopic (exact) mass is 370 g/mol. The molecule has 0 saturated heterocycles. The molecule has 26 heavy (non-hydrogen) atoms. The average molecular weight is 371 g/mol. The highest BCUT2D eigenvalue weighted by Gasteiger charge is 2.13. The zero-order chi connectivity index (χ0) is 19.5. The molecule has 0 fully saturated rings. The second-order valence-electron chi connectivity index (χ2n) is 7.30. The molecule has 0 aromatic carbocycles. The van der Waals surface area contributed by atoms with E-state index in [1.807, 2.05) is 0 Å². The lowest BCUT2D eigenvalue weighted by Gasteiger charge is -2.12. The van der Waals surface area contributed by atoms with Gasteiger partial charge in [0.05, 0.1) is 13.2 Å². The third kappa shape index (κ3) is 16.4. The molecule has 0 saturated carbocycles. The van der Waals surface area contributed by atoms with Crippen LogP contribution in [0.15, 0.2) is 0 Å². The predicted molar refractivity (Wildman–Crippen MR) is 107 cm³/mol. The van der Waals surface area contributed by atoms with Gasteiger partial charge in [-0.2, -0.15) is 0 Å². The Labute approximate surface area is 161 Å². The minimum atomic E-state index is -0.471. The van der Waals surface area contributed by atoms with Crippen molar-refractivity contribution in [3.8, 4) is 0 Å². The number of unbranched alkanes of at least 4 members (excludes halogenated alkanes) is 10. The summed E-state index contributed by atoms with van der Waals surface area (Å²) in [5.41, 5.74) is 0. The quantitative estimate of drug-likeness (QED) is 0.163. The highest BCUT2D eigenvalue weighted by atomic mass is 16.6. The Balaban J connectivity index is 3.39. The minimum absolute atomic E-state index is 0.266. The summed E-state index contributed by atoms with van der Waals surface area (Å²) < 4.78 is 10.2. The van der Waals surface area contributed by atoms with E-state index in [2.05, 4.69) is 20.8 Å². The van der Waals surface area contributed by atoms with Crippen molar-refractivity contribution >= 4 is 11.9 Å². The number of esters is 2. The fraction of sp³-hybridized carbons (Fsp3) is 0.909. The summed E-state index contributed by atoms with van der Waals surface area (Å²) >= 11 is 0. The molecule has 154 valence electrons. The molecule has 4 heteroatoms. The van der Waals surface area contributed by atoms with Crippen LogP contribution in [0.5, 0.6) is 0 Å². The second-order valence-corrected chi connectivity index (χ2v) is 7.30. The number of carbonyl (C=O) groups excluding carboxylic acids is 2. The molecule has 0 amide bonds. The molecule has 0 aliphatic heterocycles. The molecule has 0 aromatic heterocycles. The van der Waals surface area contributed by atoms with Gasteiger partial charge in [-0.05, 0) is 12.3 Å². The third-order valence-electron chi connectivity index (χ3n) is 4.93. The molecule has 0 rings (SSSR count). The van der Waals surface area contributed by atoms with Crippen LogP contribution < -0.4 is 0 Å². The van der Waals surface area contributed by atoms with Gasteiger partial charge in [-0.3, -0.25) is 9.59 Å². The number of rotatable bonds is 18. The fourth-order valence-electron chi connectivity index (χ4n) is 2.91. The van der Waals surface area contributed by atoms with Crippen LogP contribution in [0.1, 0.15) is 111 Å². The van der Waals surface area contributed by atoms with Crippen LogP contribution in [0.2, 0.25) is 0 Å². The Kier molecular flexibility index (Phi) is 18.0. The van der Waals surface area contributed by atoms with Gasteiger partial charge < -0.3 is 9.47 Å². The van der Waals surface area contributed by atoms with Crippen LogP contribution in [-0.2, 0) is 19.1 Å². The van der Waals surface area contributed by atoms with Gasteiger partial charge in [0.25, 0.3) is 0 Å². The number of hydrogen-bond donors (Lipinski definition) is 0. The molecule has 0 atom stereocenters. The zero-order valence-electron chi connectivity index (χ0n) is 17.5. The van der Waals surface area contributed by atoms with Crippen molar-refractivity contribution in [1.29, 1.82) is 0 Å². The predicted octanol–water partition coefficient (Wildman–Crippen LogP) is 6.21. The lowest BCUT2D eigenvalue weighted by atomic mass is 10.1. The Bertz CT molecular complexity index is 337. The summed E-state index contributed by atoms with van der Waals surface area (Å²) in [5.74, 6) is -0.557. The normalized spacial score (nSPS) is 10.9. The van der Waals surface area contributed by atoms with Crippen molar-refractivity contribution in [2.45, 2.75) is 111 Å². The van der Waals surface area contributed by atoms with Crippen molar-refractivity contribution in [2.24, 2.45) is 5.92 Å². The lowest BCUT2D eigenvalue weighted by Crippen LogP contribution is -2.17. The molecule has 0 N–H and O–H groups in total. The first-order valence-electron chi connectivity index (χ1n) is 10.9. The largest absolute Gasteiger partial charge is 0.465 e. The number of hydrogen-bond acceptors (Lipinski definition) is 4. The maximum absolute atomic E-state index is 11.6. The zero-order valence-corrected chi connectivity index (χ0v) is 17.5. The van der Waals surface area contributed by atoms with Crippen LogP contribution in [0.25, 0.3) is 0 Å². The van der Waals surface area contributed by atoms with Gasteiger partial charge in [-0.15, -0.1) is 0 Å². The highest BCUT2D eigenvalue weighted by Crippen LogP contribution is 2.11. The summed E-state index contributed by atoms with van der Waals surface area (Å²) in [7, 11) is 0. The first-order valence-corrected chi connectivity index (χ1v) is 10.9. The van der Waals surface area contributed by atoms with Gasteiger partial charge in [0, 0.05) is 0 Å². The summed E-state index contributed by atoms with van der Waals surface area (Å²) in [6.45, 7) is 7.21. The SMILES string of the molecule is CCCCCCCCCCCCCOC(=O)CC(=O)OCC(CC)CC. The summed E-state index contributed by atoms with van der Waals surface area (Å²) in [6.07, 6.45) is 15.6. The molecule has 0 bridgehead atoms. The van der Waals surface area contributed by atoms with Crippen molar-refractivity contribution in [2.75, 3.05) is 13.2 Å². The molecule has 0 heterocycles. The van der Waals surface area contributed by atoms with Crippen LogP contribution in [-0.4, -0.2) is 25.2 Å². The topological polar surface area (TPSA) is 52.6 Å². The third-order valence-corrected chi connectivity index (χ3v) is 4.93. The minimum Gasteiger partial charge on any atom is -0.465 e. The first-order chi connectivity index (χ1) is 12.6. The standard InChI is InChI=1S/C22H42O4/c1-4-7-8-9-10-11-12-13-14-15-16-17-25-21(23)18-22(24)26-19-20(5-2)6-3/h20H,4-19H2,1-3H3. The van der Waals surface area contributed by atoms with E-state index in [9.17, 15) is 9.59 Å². The summed E-state index contributed by atoms with van der Waals surface area (Å²) in [5, 5.41) is 0. The Morgan fingerprint density at radius 2 is 1.12 bits per heavy atom. The van der Waals surface area contributed by atoms with Gasteiger partial charge >= 0.3 is 11.9 Å². The maximum Gasteiger partial charge on any atom is 0.317 e. The van der Waals surface area contributed by atoms with Crippen LogP contribution >= 0.6 is 0 Å². The number of carbonyl (C=O) groups is 2. The Hall–Kier alpha value is -1.06. The van der Waals surface area contributed by atoms with E-state index in [0.717, 1.165) is 25.7 Å². The summed E-state index contributed by atoms with van der Waals surface area (Å²) in [4.78, 5) is 23.2. The van der Waals surface area contributed by atoms with Crippen molar-refractivity contribution < 1.29 is 19.1 Å². The van der Waals surface area contributed by atoms with Crippen molar-refractivity contribution in [3.05, 3.63) is 0 Å². The Morgan fingerprint density at radius 1 is 0.654 bits per heavy atom. The fourth-order valence-corrected chi connectivity index (χ4v) is 2.91. The van der Waals surface area contributed by atoms with Gasteiger partial charge in [-0.25, -0.2) is 0 Å². The van der Waals surface area contributed by atoms with E-state index in [1.54, 1.807) is 0 Å². The molecule has 0 spiro atoms. The molecule has 4 nitrogen and oxygen atoms in total. The first kappa shape index (κ1) is 24.9. The molecule has 0 aliphatic carbocycles. The molecule has 0 radical (unpaired) electrons. The lowest BCUT2D eigenvalue weighted by molar-refractivity contribution is -0.155. The van der Waals surface area contributed by atoms with Crippen molar-refractivity contribution in [1.82, 2.24) is 0 Å². The Morgan fingerprint density at radius 3 is 1.62 bits per heavy atom. The van der Waals surface area contributed by atoms with E-state index in [-0.39, 0.29) is 6.42 Å². The van der Waals surface area contributed by atoms with E-state index >= 15 is 0 Å². The van der Waals surface area contributed by atoms with E-state index in [4.69, 9.17) is 9.47 Å². The smallest absolute Gasteiger partial charge is 0.317 e. The van der Waals surface area contributed by atoms with Crippen LogP contribution in [0, 0.1) is 5.92 Å². The molecular weight excluding hydrogens is 328 g/mol. The average Bonchev–Trinajstić information content (AvgIpc) is 2.63. The van der Waals surface area contributed by atoms with Crippen LogP contribution in [0.3, 0.4) is 0 Å². The molecule has 0 aliphatic rings.